The van der Waals surface area contributed by atoms with Crippen LogP contribution in [0.2, 0.25) is 0 Å². The van der Waals surface area contributed by atoms with Gasteiger partial charge >= 0.3 is 0 Å². The van der Waals surface area contributed by atoms with Crippen molar-refractivity contribution < 1.29 is 13.3 Å². The molecule has 7 heteroatoms. The molecule has 0 N–H and O–H groups in total. The molecular formula is C46H26N4O3. The molecule has 11 rings (SSSR count). The van der Waals surface area contributed by atoms with Gasteiger partial charge in [0.25, 0.3) is 0 Å². The molecule has 0 unspecified atom stereocenters. The molecule has 0 saturated heterocycles. The van der Waals surface area contributed by atoms with Crippen molar-refractivity contribution in [2.45, 2.75) is 0 Å². The summed E-state index contributed by atoms with van der Waals surface area (Å²) in [6.45, 7) is 0. The third-order valence-electron chi connectivity index (χ3n) is 9.81. The Morgan fingerprint density at radius 1 is 0.321 bits per heavy atom. The van der Waals surface area contributed by atoms with Crippen molar-refractivity contribution in [3.63, 3.8) is 0 Å². The van der Waals surface area contributed by atoms with Crippen molar-refractivity contribution in [3.05, 3.63) is 158 Å². The summed E-state index contributed by atoms with van der Waals surface area (Å²) < 4.78 is 19.3. The van der Waals surface area contributed by atoms with Crippen LogP contribution in [0.1, 0.15) is 0 Å². The minimum absolute atomic E-state index is 0.515. The van der Waals surface area contributed by atoms with E-state index in [-0.39, 0.29) is 0 Å². The summed E-state index contributed by atoms with van der Waals surface area (Å²) in [4.78, 5) is 20.1. The molecule has 0 amide bonds. The molecule has 11 aromatic rings. The van der Waals surface area contributed by atoms with Crippen molar-refractivity contribution in [1.82, 2.24) is 19.9 Å². The summed E-state index contributed by atoms with van der Waals surface area (Å²) in [6.07, 6.45) is 0. The fraction of sp³-hybridized carbons (Fsp3) is 0. The molecule has 7 nitrogen and oxygen atoms in total. The van der Waals surface area contributed by atoms with Crippen LogP contribution >= 0.6 is 0 Å². The molecule has 0 atom stereocenters. The number of hydrogen-bond donors (Lipinski definition) is 0. The van der Waals surface area contributed by atoms with E-state index in [2.05, 4.69) is 42.5 Å². The predicted octanol–water partition coefficient (Wildman–Crippen LogP) is 12.1. The van der Waals surface area contributed by atoms with Gasteiger partial charge in [-0.2, -0.15) is 0 Å². The fourth-order valence-corrected chi connectivity index (χ4v) is 7.30. The van der Waals surface area contributed by atoms with Crippen molar-refractivity contribution in [2.75, 3.05) is 0 Å². The van der Waals surface area contributed by atoms with Gasteiger partial charge < -0.3 is 13.3 Å². The summed E-state index contributed by atoms with van der Waals surface area (Å²) in [5, 5.41) is 3.75. The lowest BCUT2D eigenvalue weighted by molar-refractivity contribution is 0.620. The Morgan fingerprint density at radius 3 is 1.70 bits per heavy atom. The monoisotopic (exact) mass is 682 g/mol. The van der Waals surface area contributed by atoms with Crippen molar-refractivity contribution in [1.29, 1.82) is 0 Å². The largest absolute Gasteiger partial charge is 0.456 e. The number of aromatic nitrogens is 4. The third-order valence-corrected chi connectivity index (χ3v) is 9.81. The molecule has 0 aliphatic rings. The summed E-state index contributed by atoms with van der Waals surface area (Å²) >= 11 is 0. The Hall–Kier alpha value is -7.38. The van der Waals surface area contributed by atoms with Gasteiger partial charge in [-0.05, 0) is 47.5 Å². The minimum atomic E-state index is 0.515. The lowest BCUT2D eigenvalue weighted by atomic mass is 10.0. The van der Waals surface area contributed by atoms with Gasteiger partial charge in [0.2, 0.25) is 5.89 Å². The van der Waals surface area contributed by atoms with Gasteiger partial charge in [0.15, 0.2) is 23.1 Å². The Morgan fingerprint density at radius 2 is 0.887 bits per heavy atom. The van der Waals surface area contributed by atoms with Gasteiger partial charge in [-0.1, -0.05) is 121 Å². The van der Waals surface area contributed by atoms with E-state index < -0.39 is 0 Å². The van der Waals surface area contributed by atoms with Gasteiger partial charge in [0.05, 0.1) is 10.9 Å². The average molecular weight is 683 g/mol. The summed E-state index contributed by atoms with van der Waals surface area (Å²) in [5.41, 5.74) is 10.0. The third kappa shape index (κ3) is 4.75. The number of oxazole rings is 1. The minimum Gasteiger partial charge on any atom is -0.456 e. The predicted molar refractivity (Wildman–Crippen MR) is 209 cm³/mol. The quantitative estimate of drug-likeness (QED) is 0.178. The summed E-state index contributed by atoms with van der Waals surface area (Å²) in [7, 11) is 0. The molecule has 0 aliphatic heterocycles. The van der Waals surface area contributed by atoms with Crippen LogP contribution in [0, 0.1) is 0 Å². The second-order valence-corrected chi connectivity index (χ2v) is 13.0. The molecule has 248 valence electrons. The second kappa shape index (κ2) is 11.6. The smallest absolute Gasteiger partial charge is 0.228 e. The lowest BCUT2D eigenvalue weighted by Gasteiger charge is -2.09. The number of nitrogens with zero attached hydrogens (tertiary/aromatic N) is 4. The van der Waals surface area contributed by atoms with Crippen LogP contribution in [0.3, 0.4) is 0 Å². The molecule has 4 heterocycles. The van der Waals surface area contributed by atoms with Gasteiger partial charge in [0.1, 0.15) is 27.8 Å². The maximum Gasteiger partial charge on any atom is 0.228 e. The molecule has 0 saturated carbocycles. The Bertz CT molecular complexity index is 3160. The molecule has 53 heavy (non-hydrogen) atoms. The van der Waals surface area contributed by atoms with Crippen LogP contribution in [0.25, 0.3) is 112 Å². The molecular weight excluding hydrogens is 657 g/mol. The van der Waals surface area contributed by atoms with Gasteiger partial charge in [-0.25, -0.2) is 19.9 Å². The van der Waals surface area contributed by atoms with E-state index in [0.717, 1.165) is 71.6 Å². The van der Waals surface area contributed by atoms with Gasteiger partial charge in [-0.3, -0.25) is 0 Å². The highest BCUT2D eigenvalue weighted by Crippen LogP contribution is 2.42. The summed E-state index contributed by atoms with van der Waals surface area (Å²) in [5.74, 6) is 2.19. The fourth-order valence-electron chi connectivity index (χ4n) is 7.30. The highest BCUT2D eigenvalue weighted by molar-refractivity contribution is 6.19. The van der Waals surface area contributed by atoms with Crippen molar-refractivity contribution in [2.24, 2.45) is 0 Å². The molecule has 0 bridgehead atoms. The number of furan rings is 2. The van der Waals surface area contributed by atoms with E-state index in [1.807, 2.05) is 115 Å². The number of para-hydroxylation sites is 2. The highest BCUT2D eigenvalue weighted by Gasteiger charge is 2.22. The van der Waals surface area contributed by atoms with E-state index >= 15 is 0 Å². The van der Waals surface area contributed by atoms with E-state index in [4.69, 9.17) is 33.2 Å². The Labute approximate surface area is 301 Å². The lowest BCUT2D eigenvalue weighted by Crippen LogP contribution is -2.00. The zero-order valence-electron chi connectivity index (χ0n) is 28.0. The number of hydrogen-bond acceptors (Lipinski definition) is 7. The van der Waals surface area contributed by atoms with E-state index in [9.17, 15) is 0 Å². The zero-order chi connectivity index (χ0) is 34.9. The molecule has 0 fully saturated rings. The molecule has 4 aromatic heterocycles. The van der Waals surface area contributed by atoms with Gasteiger partial charge in [-0.15, -0.1) is 0 Å². The number of rotatable bonds is 5. The van der Waals surface area contributed by atoms with E-state index in [0.29, 0.717) is 40.1 Å². The van der Waals surface area contributed by atoms with E-state index in [1.165, 1.54) is 0 Å². The van der Waals surface area contributed by atoms with Crippen LogP contribution in [0.5, 0.6) is 0 Å². The Kier molecular flexibility index (Phi) is 6.42. The van der Waals surface area contributed by atoms with Crippen LogP contribution < -0.4 is 0 Å². The normalized spacial score (nSPS) is 11.8. The van der Waals surface area contributed by atoms with Crippen LogP contribution in [-0.4, -0.2) is 19.9 Å². The van der Waals surface area contributed by atoms with Crippen molar-refractivity contribution >= 4 is 55.0 Å². The van der Waals surface area contributed by atoms with Crippen LogP contribution in [0.15, 0.2) is 171 Å². The average Bonchev–Trinajstić information content (AvgIpc) is 3.95. The zero-order valence-corrected chi connectivity index (χ0v) is 28.0. The maximum atomic E-state index is 6.64. The first kappa shape index (κ1) is 29.4. The second-order valence-electron chi connectivity index (χ2n) is 13.0. The maximum absolute atomic E-state index is 6.64. The van der Waals surface area contributed by atoms with Crippen LogP contribution in [-0.2, 0) is 0 Å². The molecule has 0 spiro atoms. The standard InChI is InChI=1S/C46H26N4O3/c1-3-11-27(12-4-1)28-21-23-30(24-22-28)44-48-43(29-13-5-2-6-14-29)49-45(50-44)34-18-9-16-32-40-37(52-42(32)34)25-26-38-41(40)47-46(53-38)33-17-10-20-36-39(33)31-15-7-8-19-35(31)51-36/h1-26H. The number of benzene rings is 7. The van der Waals surface area contributed by atoms with E-state index in [1.54, 1.807) is 0 Å². The molecule has 0 aliphatic carbocycles. The first-order chi connectivity index (χ1) is 26.2. The number of fused-ring (bicyclic) bond motifs is 8. The Balaban J connectivity index is 1.08. The van der Waals surface area contributed by atoms with Crippen LogP contribution in [0.4, 0.5) is 0 Å². The molecule has 0 radical (unpaired) electrons. The molecule has 7 aromatic carbocycles. The topological polar surface area (TPSA) is 91.0 Å². The van der Waals surface area contributed by atoms with Crippen molar-refractivity contribution in [3.8, 4) is 56.7 Å². The first-order valence-corrected chi connectivity index (χ1v) is 17.4. The summed E-state index contributed by atoms with van der Waals surface area (Å²) in [6, 6.07) is 52.5. The highest BCUT2D eigenvalue weighted by atomic mass is 16.4. The SMILES string of the molecule is c1ccc(-c2ccc(-c3nc(-c4ccccc4)nc(-c4cccc5c4oc4ccc6oc(-c7cccc8oc9ccccc9c78)nc6c45)n3)cc2)cc1. The van der Waals surface area contributed by atoms with Gasteiger partial charge in [0, 0.05) is 32.8 Å². The first-order valence-electron chi connectivity index (χ1n) is 17.4.